The highest BCUT2D eigenvalue weighted by Gasteiger charge is 2.10. The summed E-state index contributed by atoms with van der Waals surface area (Å²) in [5, 5.41) is 7.10. The van der Waals surface area contributed by atoms with E-state index >= 15 is 0 Å². The van der Waals surface area contributed by atoms with Crippen molar-refractivity contribution in [3.8, 4) is 0 Å². The van der Waals surface area contributed by atoms with Gasteiger partial charge in [0.15, 0.2) is 0 Å². The molecule has 0 aliphatic heterocycles. The topological polar surface area (TPSA) is 73.8 Å². The van der Waals surface area contributed by atoms with Crippen LogP contribution in [0.4, 0.5) is 5.69 Å². The largest absolute Gasteiger partial charge is 0.398 e. The van der Waals surface area contributed by atoms with Crippen LogP contribution in [0, 0.1) is 0 Å². The first kappa shape index (κ1) is 8.43. The predicted octanol–water partition coefficient (Wildman–Crippen LogP) is 0.549. The number of hydrogen-bond acceptors (Lipinski definition) is 4. The zero-order valence-corrected chi connectivity index (χ0v) is 7.29. The zero-order chi connectivity index (χ0) is 9.97. The molecule has 0 bridgehead atoms. The number of carbonyl (C=O) groups is 1. The Bertz CT molecular complexity index is 450. The molecule has 1 aromatic heterocycles. The van der Waals surface area contributed by atoms with E-state index < -0.39 is 0 Å². The number of rotatable bonds is 1. The molecule has 2 N–H and O–H groups in total. The first-order chi connectivity index (χ1) is 6.79. The van der Waals surface area contributed by atoms with Crippen LogP contribution in [0.3, 0.4) is 0 Å². The van der Waals surface area contributed by atoms with Crippen LogP contribution >= 0.6 is 0 Å². The van der Waals surface area contributed by atoms with Gasteiger partial charge in [0.05, 0.1) is 5.56 Å². The molecular formula is C9H8N4O. The van der Waals surface area contributed by atoms with E-state index in [1.165, 1.54) is 17.2 Å². The lowest BCUT2D eigenvalue weighted by Gasteiger charge is -2.02. The number of aromatic nitrogens is 3. The molecule has 5 heteroatoms. The SMILES string of the molecule is Nc1ccccc1C(=O)n1cnnc1. The molecule has 14 heavy (non-hydrogen) atoms. The molecule has 0 aliphatic rings. The van der Waals surface area contributed by atoms with Crippen LogP contribution in [0.25, 0.3) is 0 Å². The summed E-state index contributed by atoms with van der Waals surface area (Å²) in [7, 11) is 0. The molecule has 0 aliphatic carbocycles. The summed E-state index contributed by atoms with van der Waals surface area (Å²) < 4.78 is 1.28. The number of nitrogens with zero attached hydrogens (tertiary/aromatic N) is 3. The molecule has 2 rings (SSSR count). The van der Waals surface area contributed by atoms with E-state index in [2.05, 4.69) is 10.2 Å². The minimum atomic E-state index is -0.229. The number of benzene rings is 1. The summed E-state index contributed by atoms with van der Waals surface area (Å²) in [5.74, 6) is -0.229. The molecule has 1 aromatic carbocycles. The quantitative estimate of drug-likeness (QED) is 0.663. The van der Waals surface area contributed by atoms with Crippen molar-refractivity contribution in [3.63, 3.8) is 0 Å². The zero-order valence-electron chi connectivity index (χ0n) is 7.29. The van der Waals surface area contributed by atoms with Gasteiger partial charge in [-0.3, -0.25) is 9.36 Å². The van der Waals surface area contributed by atoms with Crippen molar-refractivity contribution in [2.75, 3.05) is 5.73 Å². The summed E-state index contributed by atoms with van der Waals surface area (Å²) in [5.41, 5.74) is 6.55. The molecule has 0 saturated carbocycles. The van der Waals surface area contributed by atoms with E-state index in [1.54, 1.807) is 24.3 Å². The van der Waals surface area contributed by atoms with Crippen LogP contribution in [-0.4, -0.2) is 20.7 Å². The molecule has 70 valence electrons. The third-order valence-electron chi connectivity index (χ3n) is 1.84. The van der Waals surface area contributed by atoms with Gasteiger partial charge in [0, 0.05) is 5.69 Å². The summed E-state index contributed by atoms with van der Waals surface area (Å²) >= 11 is 0. The van der Waals surface area contributed by atoms with Crippen LogP contribution in [0.5, 0.6) is 0 Å². The first-order valence-corrected chi connectivity index (χ1v) is 4.03. The van der Waals surface area contributed by atoms with E-state index in [1.807, 2.05) is 0 Å². The van der Waals surface area contributed by atoms with E-state index in [9.17, 15) is 4.79 Å². The van der Waals surface area contributed by atoms with Crippen molar-refractivity contribution in [2.24, 2.45) is 0 Å². The predicted molar refractivity (Wildman–Crippen MR) is 50.6 cm³/mol. The van der Waals surface area contributed by atoms with Crippen LogP contribution in [-0.2, 0) is 0 Å². The number of para-hydroxylation sites is 1. The Balaban J connectivity index is 2.42. The Morgan fingerprint density at radius 2 is 1.86 bits per heavy atom. The van der Waals surface area contributed by atoms with Crippen LogP contribution in [0.15, 0.2) is 36.9 Å². The smallest absolute Gasteiger partial charge is 0.266 e. The average Bonchev–Trinajstić information content (AvgIpc) is 2.70. The van der Waals surface area contributed by atoms with Crippen LogP contribution in [0.1, 0.15) is 10.4 Å². The van der Waals surface area contributed by atoms with Crippen molar-refractivity contribution in [1.82, 2.24) is 14.8 Å². The van der Waals surface area contributed by atoms with Crippen molar-refractivity contribution in [2.45, 2.75) is 0 Å². The maximum absolute atomic E-state index is 11.7. The van der Waals surface area contributed by atoms with Crippen LogP contribution in [0.2, 0.25) is 0 Å². The summed E-state index contributed by atoms with van der Waals surface area (Å²) in [6, 6.07) is 6.88. The number of nitrogen functional groups attached to an aromatic ring is 1. The second-order valence-corrected chi connectivity index (χ2v) is 2.76. The number of anilines is 1. The van der Waals surface area contributed by atoms with Gasteiger partial charge in [0.2, 0.25) is 0 Å². The molecule has 0 amide bonds. The Hall–Kier alpha value is -2.17. The maximum atomic E-state index is 11.7. The second-order valence-electron chi connectivity index (χ2n) is 2.76. The molecule has 1 heterocycles. The number of nitrogens with two attached hydrogens (primary N) is 1. The third-order valence-corrected chi connectivity index (χ3v) is 1.84. The number of hydrogen-bond donors (Lipinski definition) is 1. The van der Waals surface area contributed by atoms with Crippen LogP contribution < -0.4 is 5.73 Å². The Morgan fingerprint density at radius 3 is 2.50 bits per heavy atom. The number of carbonyl (C=O) groups excluding carboxylic acids is 1. The molecule has 0 fully saturated rings. The Kier molecular flexibility index (Phi) is 1.98. The summed E-state index contributed by atoms with van der Waals surface area (Å²) in [4.78, 5) is 11.7. The van der Waals surface area contributed by atoms with Gasteiger partial charge in [-0.25, -0.2) is 0 Å². The average molecular weight is 188 g/mol. The highest BCUT2D eigenvalue weighted by molar-refractivity contribution is 6.00. The maximum Gasteiger partial charge on any atom is 0.266 e. The summed E-state index contributed by atoms with van der Waals surface area (Å²) in [6.07, 6.45) is 2.68. The fourth-order valence-electron chi connectivity index (χ4n) is 1.14. The molecule has 5 nitrogen and oxygen atoms in total. The van der Waals surface area contributed by atoms with Crippen molar-refractivity contribution < 1.29 is 4.79 Å². The van der Waals surface area contributed by atoms with Gasteiger partial charge < -0.3 is 5.73 Å². The van der Waals surface area contributed by atoms with E-state index in [-0.39, 0.29) is 5.91 Å². The minimum Gasteiger partial charge on any atom is -0.398 e. The van der Waals surface area contributed by atoms with Crippen molar-refractivity contribution in [3.05, 3.63) is 42.5 Å². The monoisotopic (exact) mass is 188 g/mol. The Labute approximate surface area is 80.2 Å². The lowest BCUT2D eigenvalue weighted by molar-refractivity contribution is 0.0960. The normalized spacial score (nSPS) is 10.0. The first-order valence-electron chi connectivity index (χ1n) is 4.03. The van der Waals surface area contributed by atoms with E-state index in [4.69, 9.17) is 5.73 Å². The second kappa shape index (κ2) is 3.29. The molecule has 0 radical (unpaired) electrons. The molecule has 0 spiro atoms. The van der Waals surface area contributed by atoms with Gasteiger partial charge in [-0.15, -0.1) is 10.2 Å². The van der Waals surface area contributed by atoms with E-state index in [0.29, 0.717) is 11.3 Å². The van der Waals surface area contributed by atoms with Crippen molar-refractivity contribution >= 4 is 11.6 Å². The minimum absolute atomic E-state index is 0.229. The van der Waals surface area contributed by atoms with Gasteiger partial charge in [0.25, 0.3) is 5.91 Å². The highest BCUT2D eigenvalue weighted by atomic mass is 16.2. The molecule has 0 atom stereocenters. The fraction of sp³-hybridized carbons (Fsp3) is 0. The van der Waals surface area contributed by atoms with Gasteiger partial charge >= 0.3 is 0 Å². The van der Waals surface area contributed by atoms with Gasteiger partial charge in [-0.05, 0) is 12.1 Å². The lowest BCUT2D eigenvalue weighted by Crippen LogP contribution is -2.11. The standard InChI is InChI=1S/C9H8N4O/c10-8-4-2-1-3-7(8)9(14)13-5-11-12-6-13/h1-6H,10H2. The molecular weight excluding hydrogens is 180 g/mol. The van der Waals surface area contributed by atoms with Gasteiger partial charge in [-0.1, -0.05) is 12.1 Å². The highest BCUT2D eigenvalue weighted by Crippen LogP contribution is 2.11. The molecule has 0 unspecified atom stereocenters. The Morgan fingerprint density at radius 1 is 1.21 bits per heavy atom. The summed E-state index contributed by atoms with van der Waals surface area (Å²) in [6.45, 7) is 0. The fourth-order valence-corrected chi connectivity index (χ4v) is 1.14. The van der Waals surface area contributed by atoms with E-state index in [0.717, 1.165) is 0 Å². The van der Waals surface area contributed by atoms with Gasteiger partial charge in [0.1, 0.15) is 12.7 Å². The lowest BCUT2D eigenvalue weighted by atomic mass is 10.2. The molecule has 0 saturated heterocycles. The van der Waals surface area contributed by atoms with Gasteiger partial charge in [-0.2, -0.15) is 0 Å². The molecule has 2 aromatic rings. The van der Waals surface area contributed by atoms with Crippen molar-refractivity contribution in [1.29, 1.82) is 0 Å². The third kappa shape index (κ3) is 1.35.